The maximum Gasteiger partial charge on any atom is 0.137 e. The molecule has 86 valence electrons. The summed E-state index contributed by atoms with van der Waals surface area (Å²) in [7, 11) is -4.21. The maximum absolute atomic E-state index is 11.7. The summed E-state index contributed by atoms with van der Waals surface area (Å²) in [6.45, 7) is 4.01. The van der Waals surface area contributed by atoms with Gasteiger partial charge in [-0.05, 0) is 23.7 Å². The Morgan fingerprint density at radius 2 is 2.07 bits per heavy atom. The van der Waals surface area contributed by atoms with E-state index in [1.165, 1.54) is 0 Å². The third-order valence-corrected chi connectivity index (χ3v) is 4.96. The molecule has 2 fully saturated rings. The molecular formula is C10H15O4S-. The molecule has 3 unspecified atom stereocenters. The van der Waals surface area contributed by atoms with Crippen molar-refractivity contribution in [3.63, 3.8) is 0 Å². The van der Waals surface area contributed by atoms with Crippen molar-refractivity contribution in [1.82, 2.24) is 0 Å². The highest BCUT2D eigenvalue weighted by Gasteiger charge is 2.58. The van der Waals surface area contributed by atoms with Gasteiger partial charge in [0.2, 0.25) is 0 Å². The van der Waals surface area contributed by atoms with Gasteiger partial charge in [-0.2, -0.15) is 0 Å². The van der Waals surface area contributed by atoms with Crippen molar-refractivity contribution < 1.29 is 17.8 Å². The van der Waals surface area contributed by atoms with Gasteiger partial charge in [0.15, 0.2) is 0 Å². The summed E-state index contributed by atoms with van der Waals surface area (Å²) in [5.74, 6) is -0.421. The fourth-order valence-electron chi connectivity index (χ4n) is 3.49. The minimum absolute atomic E-state index is 0.119. The van der Waals surface area contributed by atoms with Crippen LogP contribution in [0.25, 0.3) is 0 Å². The van der Waals surface area contributed by atoms with Crippen LogP contribution in [0.15, 0.2) is 0 Å². The first-order valence-electron chi connectivity index (χ1n) is 5.18. The largest absolute Gasteiger partial charge is 0.748 e. The summed E-state index contributed by atoms with van der Waals surface area (Å²) < 4.78 is 32.1. The van der Waals surface area contributed by atoms with Crippen LogP contribution >= 0.6 is 0 Å². The Morgan fingerprint density at radius 1 is 1.47 bits per heavy atom. The first kappa shape index (κ1) is 11.1. The lowest BCUT2D eigenvalue weighted by molar-refractivity contribution is -0.123. The van der Waals surface area contributed by atoms with Crippen molar-refractivity contribution >= 4 is 15.9 Å². The highest BCUT2D eigenvalue weighted by atomic mass is 32.2. The van der Waals surface area contributed by atoms with Crippen LogP contribution in [0.1, 0.15) is 26.7 Å². The fourth-order valence-corrected chi connectivity index (χ4v) is 4.34. The van der Waals surface area contributed by atoms with Crippen molar-refractivity contribution in [3.8, 4) is 0 Å². The van der Waals surface area contributed by atoms with Gasteiger partial charge in [-0.1, -0.05) is 13.8 Å². The first-order valence-corrected chi connectivity index (χ1v) is 6.76. The predicted octanol–water partition coefficient (Wildman–Crippen LogP) is 0.783. The SMILES string of the molecule is CC1(C)C2CC(=O)C1C(CS(=O)(=O)[O-])C2. The Morgan fingerprint density at radius 3 is 2.47 bits per heavy atom. The third kappa shape index (κ3) is 1.72. The number of fused-ring (bicyclic) bond motifs is 2. The molecule has 2 saturated carbocycles. The van der Waals surface area contributed by atoms with E-state index in [1.807, 2.05) is 13.8 Å². The molecule has 15 heavy (non-hydrogen) atoms. The molecular weight excluding hydrogens is 216 g/mol. The van der Waals surface area contributed by atoms with Crippen LogP contribution in [0, 0.1) is 23.2 Å². The van der Waals surface area contributed by atoms with E-state index in [1.54, 1.807) is 0 Å². The van der Waals surface area contributed by atoms with E-state index in [-0.39, 0.29) is 34.7 Å². The number of hydrogen-bond donors (Lipinski definition) is 0. The zero-order valence-electron chi connectivity index (χ0n) is 8.89. The first-order chi connectivity index (χ1) is 6.72. The van der Waals surface area contributed by atoms with E-state index in [4.69, 9.17) is 0 Å². The molecule has 0 N–H and O–H groups in total. The fraction of sp³-hybridized carbons (Fsp3) is 0.900. The second-order valence-electron chi connectivity index (χ2n) is 5.39. The summed E-state index contributed by atoms with van der Waals surface area (Å²) >= 11 is 0. The molecule has 0 aromatic rings. The van der Waals surface area contributed by atoms with Gasteiger partial charge in [0.1, 0.15) is 5.78 Å². The number of carbonyl (C=O) groups is 1. The van der Waals surface area contributed by atoms with E-state index in [0.29, 0.717) is 12.8 Å². The average Bonchev–Trinajstić information content (AvgIpc) is 2.30. The molecule has 2 aliphatic rings. The van der Waals surface area contributed by atoms with Crippen LogP contribution in [-0.4, -0.2) is 24.5 Å². The zero-order chi connectivity index (χ0) is 11.4. The van der Waals surface area contributed by atoms with Gasteiger partial charge in [0.05, 0.1) is 10.1 Å². The molecule has 0 aromatic carbocycles. The summed E-state index contributed by atoms with van der Waals surface area (Å²) in [6.07, 6.45) is 1.28. The monoisotopic (exact) mass is 231 g/mol. The summed E-state index contributed by atoms with van der Waals surface area (Å²) in [4.78, 5) is 11.7. The molecule has 0 saturated heterocycles. The summed E-state index contributed by atoms with van der Waals surface area (Å²) in [5, 5.41) is 0. The highest BCUT2D eigenvalue weighted by molar-refractivity contribution is 7.85. The topological polar surface area (TPSA) is 74.3 Å². The minimum Gasteiger partial charge on any atom is -0.748 e. The Hall–Kier alpha value is -0.420. The maximum atomic E-state index is 11.7. The van der Waals surface area contributed by atoms with Crippen LogP contribution in [0.2, 0.25) is 0 Å². The smallest absolute Gasteiger partial charge is 0.137 e. The van der Waals surface area contributed by atoms with Crippen LogP contribution in [-0.2, 0) is 14.9 Å². The highest BCUT2D eigenvalue weighted by Crippen LogP contribution is 2.58. The molecule has 0 aromatic heterocycles. The average molecular weight is 231 g/mol. The van der Waals surface area contributed by atoms with Crippen molar-refractivity contribution in [2.75, 3.05) is 5.75 Å². The zero-order valence-corrected chi connectivity index (χ0v) is 9.71. The number of ketones is 1. The number of Topliss-reactive ketones (excluding diaryl/α,β-unsaturated/α-hetero) is 1. The quantitative estimate of drug-likeness (QED) is 0.658. The van der Waals surface area contributed by atoms with E-state index in [2.05, 4.69) is 0 Å². The van der Waals surface area contributed by atoms with Crippen LogP contribution in [0.4, 0.5) is 0 Å². The second-order valence-corrected chi connectivity index (χ2v) is 6.84. The lowest BCUT2D eigenvalue weighted by atomic mass is 9.80. The summed E-state index contributed by atoms with van der Waals surface area (Å²) in [6, 6.07) is 0. The standard InChI is InChI=1S/C10H16O4S/c1-10(2)7-3-6(5-15(12,13)14)9(10)8(11)4-7/h6-7,9H,3-5H2,1-2H3,(H,12,13,14)/p-1. The number of rotatable bonds is 2. The molecule has 2 bridgehead atoms. The Balaban J connectivity index is 2.24. The van der Waals surface area contributed by atoms with Gasteiger partial charge in [-0.3, -0.25) is 4.79 Å². The molecule has 2 aliphatic carbocycles. The molecule has 0 spiro atoms. The summed E-state index contributed by atoms with van der Waals surface area (Å²) in [5.41, 5.74) is -0.119. The molecule has 5 heteroatoms. The Bertz CT molecular complexity index is 396. The van der Waals surface area contributed by atoms with Crippen LogP contribution in [0.3, 0.4) is 0 Å². The predicted molar refractivity (Wildman–Crippen MR) is 53.1 cm³/mol. The number of hydrogen-bond acceptors (Lipinski definition) is 4. The van der Waals surface area contributed by atoms with E-state index >= 15 is 0 Å². The normalized spacial score (nSPS) is 38.6. The van der Waals surface area contributed by atoms with Crippen molar-refractivity contribution in [2.24, 2.45) is 23.2 Å². The minimum atomic E-state index is -4.21. The molecule has 0 radical (unpaired) electrons. The van der Waals surface area contributed by atoms with Crippen molar-refractivity contribution in [2.45, 2.75) is 26.7 Å². The van der Waals surface area contributed by atoms with Crippen LogP contribution < -0.4 is 0 Å². The van der Waals surface area contributed by atoms with Crippen molar-refractivity contribution in [3.05, 3.63) is 0 Å². The lowest BCUT2D eigenvalue weighted by Gasteiger charge is -2.25. The van der Waals surface area contributed by atoms with Gasteiger partial charge in [0.25, 0.3) is 0 Å². The molecule has 4 nitrogen and oxygen atoms in total. The van der Waals surface area contributed by atoms with Gasteiger partial charge < -0.3 is 4.55 Å². The number of carbonyl (C=O) groups excluding carboxylic acids is 1. The van der Waals surface area contributed by atoms with Crippen molar-refractivity contribution in [1.29, 1.82) is 0 Å². The third-order valence-electron chi connectivity index (χ3n) is 4.13. The van der Waals surface area contributed by atoms with Gasteiger partial charge in [-0.25, -0.2) is 8.42 Å². The second kappa shape index (κ2) is 3.04. The molecule has 2 rings (SSSR count). The molecule has 0 aliphatic heterocycles. The van der Waals surface area contributed by atoms with E-state index in [0.717, 1.165) is 0 Å². The molecule has 0 heterocycles. The molecule has 0 amide bonds. The Kier molecular flexibility index (Phi) is 2.25. The Labute approximate surface area is 89.8 Å². The van der Waals surface area contributed by atoms with Crippen LogP contribution in [0.5, 0.6) is 0 Å². The van der Waals surface area contributed by atoms with Gasteiger partial charge >= 0.3 is 0 Å². The van der Waals surface area contributed by atoms with E-state index < -0.39 is 10.1 Å². The van der Waals surface area contributed by atoms with Gasteiger partial charge in [0, 0.05) is 18.1 Å². The molecule has 3 atom stereocenters. The van der Waals surface area contributed by atoms with E-state index in [9.17, 15) is 17.8 Å². The lowest BCUT2D eigenvalue weighted by Crippen LogP contribution is -2.29. The van der Waals surface area contributed by atoms with Gasteiger partial charge in [-0.15, -0.1) is 0 Å².